The van der Waals surface area contributed by atoms with E-state index >= 15 is 0 Å². The zero-order valence-electron chi connectivity index (χ0n) is 8.95. The standard InChI is InChI=1S/C11H18O2Si/c1-2-3-6-9-12-10-7-4-5-8-11(10)13-14/h4-5,7-8H,2-3,6,9H2,1,14H3. The Kier molecular flexibility index (Phi) is 5.15. The molecule has 0 fully saturated rings. The fourth-order valence-corrected chi connectivity index (χ4v) is 1.61. The Labute approximate surface area is 88.8 Å². The molecule has 0 aliphatic rings. The van der Waals surface area contributed by atoms with Gasteiger partial charge in [0.05, 0.1) is 6.61 Å². The molecule has 0 atom stereocenters. The predicted octanol–water partition coefficient (Wildman–Crippen LogP) is 1.91. The van der Waals surface area contributed by atoms with E-state index in [1.54, 1.807) is 0 Å². The third-order valence-corrected chi connectivity index (χ3v) is 2.51. The van der Waals surface area contributed by atoms with Gasteiger partial charge in [-0.2, -0.15) is 0 Å². The highest BCUT2D eigenvalue weighted by Crippen LogP contribution is 2.25. The maximum absolute atomic E-state index is 5.63. The van der Waals surface area contributed by atoms with Crippen molar-refractivity contribution in [1.82, 2.24) is 0 Å². The smallest absolute Gasteiger partial charge is 0.204 e. The van der Waals surface area contributed by atoms with Crippen molar-refractivity contribution in [1.29, 1.82) is 0 Å². The molecule has 0 aliphatic heterocycles. The lowest BCUT2D eigenvalue weighted by atomic mass is 10.3. The van der Waals surface area contributed by atoms with Crippen LogP contribution in [0.5, 0.6) is 11.5 Å². The zero-order chi connectivity index (χ0) is 10.2. The molecule has 0 unspecified atom stereocenters. The molecule has 0 N–H and O–H groups in total. The Morgan fingerprint density at radius 3 is 2.50 bits per heavy atom. The second-order valence-corrected chi connectivity index (χ2v) is 3.61. The van der Waals surface area contributed by atoms with Crippen molar-refractivity contribution in [2.75, 3.05) is 6.61 Å². The molecule has 0 amide bonds. The number of ether oxygens (including phenoxy) is 1. The minimum Gasteiger partial charge on any atom is -0.551 e. The van der Waals surface area contributed by atoms with Crippen molar-refractivity contribution in [3.8, 4) is 11.5 Å². The number of benzene rings is 1. The minimum absolute atomic E-state index is 0.705. The fraction of sp³-hybridized carbons (Fsp3) is 0.455. The molecule has 0 aliphatic carbocycles. The van der Waals surface area contributed by atoms with Crippen molar-refractivity contribution >= 4 is 10.5 Å². The van der Waals surface area contributed by atoms with Crippen LogP contribution >= 0.6 is 0 Å². The molecule has 1 aromatic carbocycles. The van der Waals surface area contributed by atoms with Crippen molar-refractivity contribution in [3.05, 3.63) is 24.3 Å². The van der Waals surface area contributed by atoms with Gasteiger partial charge < -0.3 is 9.16 Å². The summed E-state index contributed by atoms with van der Waals surface area (Å²) in [7, 11) is 0.705. The van der Waals surface area contributed by atoms with Gasteiger partial charge in [0, 0.05) is 0 Å². The van der Waals surface area contributed by atoms with E-state index in [1.165, 1.54) is 12.8 Å². The number of hydrogen-bond acceptors (Lipinski definition) is 2. The van der Waals surface area contributed by atoms with Crippen LogP contribution in [0.1, 0.15) is 26.2 Å². The van der Waals surface area contributed by atoms with Crippen LogP contribution in [0.3, 0.4) is 0 Å². The fourth-order valence-electron chi connectivity index (χ4n) is 1.27. The first-order valence-corrected chi connectivity index (χ1v) is 5.96. The van der Waals surface area contributed by atoms with Crippen molar-refractivity contribution in [3.63, 3.8) is 0 Å². The summed E-state index contributed by atoms with van der Waals surface area (Å²) in [6, 6.07) is 7.84. The number of hydrogen-bond donors (Lipinski definition) is 0. The van der Waals surface area contributed by atoms with Gasteiger partial charge >= 0.3 is 0 Å². The van der Waals surface area contributed by atoms with Gasteiger partial charge in [-0.25, -0.2) is 0 Å². The van der Waals surface area contributed by atoms with E-state index in [4.69, 9.17) is 9.16 Å². The largest absolute Gasteiger partial charge is 0.551 e. The summed E-state index contributed by atoms with van der Waals surface area (Å²) in [6.07, 6.45) is 3.57. The molecule has 14 heavy (non-hydrogen) atoms. The molecule has 2 nitrogen and oxygen atoms in total. The van der Waals surface area contributed by atoms with Crippen LogP contribution in [-0.4, -0.2) is 17.1 Å². The van der Waals surface area contributed by atoms with Crippen LogP contribution in [0.15, 0.2) is 24.3 Å². The molecule has 0 aromatic heterocycles. The highest BCUT2D eigenvalue weighted by atomic mass is 28.2. The van der Waals surface area contributed by atoms with Crippen LogP contribution in [-0.2, 0) is 0 Å². The van der Waals surface area contributed by atoms with Gasteiger partial charge in [-0.05, 0) is 18.6 Å². The Morgan fingerprint density at radius 1 is 1.14 bits per heavy atom. The molecule has 0 saturated heterocycles. The van der Waals surface area contributed by atoms with Gasteiger partial charge in [0.25, 0.3) is 0 Å². The van der Waals surface area contributed by atoms with Crippen LogP contribution in [0.25, 0.3) is 0 Å². The van der Waals surface area contributed by atoms with Crippen LogP contribution in [0.2, 0.25) is 0 Å². The number of rotatable bonds is 6. The van der Waals surface area contributed by atoms with E-state index in [9.17, 15) is 0 Å². The first-order valence-electron chi connectivity index (χ1n) is 5.14. The third kappa shape index (κ3) is 3.42. The predicted molar refractivity (Wildman–Crippen MR) is 62.0 cm³/mol. The zero-order valence-corrected chi connectivity index (χ0v) is 11.0. The quantitative estimate of drug-likeness (QED) is 0.527. The summed E-state index contributed by atoms with van der Waals surface area (Å²) in [6.45, 7) is 2.98. The Hall–Kier alpha value is -0.963. The van der Waals surface area contributed by atoms with E-state index in [1.807, 2.05) is 24.3 Å². The van der Waals surface area contributed by atoms with Gasteiger partial charge in [0.1, 0.15) is 5.75 Å². The van der Waals surface area contributed by atoms with E-state index in [2.05, 4.69) is 6.92 Å². The topological polar surface area (TPSA) is 18.5 Å². The first kappa shape index (κ1) is 11.1. The van der Waals surface area contributed by atoms with Gasteiger partial charge in [-0.1, -0.05) is 31.9 Å². The highest BCUT2D eigenvalue weighted by Gasteiger charge is 2.00. The lowest BCUT2D eigenvalue weighted by Gasteiger charge is -2.10. The van der Waals surface area contributed by atoms with Gasteiger partial charge in [-0.15, -0.1) is 0 Å². The second-order valence-electron chi connectivity index (χ2n) is 3.21. The lowest BCUT2D eigenvalue weighted by molar-refractivity contribution is 0.298. The first-order chi connectivity index (χ1) is 6.88. The van der Waals surface area contributed by atoms with E-state index in [0.717, 1.165) is 24.5 Å². The summed E-state index contributed by atoms with van der Waals surface area (Å²) in [5.74, 6) is 1.74. The Balaban J connectivity index is 2.41. The molecule has 1 aromatic rings. The lowest BCUT2D eigenvalue weighted by Crippen LogP contribution is -1.99. The van der Waals surface area contributed by atoms with Gasteiger partial charge in [-0.3, -0.25) is 0 Å². The van der Waals surface area contributed by atoms with Gasteiger partial charge in [0.2, 0.25) is 10.5 Å². The maximum atomic E-state index is 5.63. The van der Waals surface area contributed by atoms with Crippen molar-refractivity contribution < 1.29 is 9.16 Å². The molecule has 1 rings (SSSR count). The van der Waals surface area contributed by atoms with E-state index in [-0.39, 0.29) is 0 Å². The molecule has 3 heteroatoms. The van der Waals surface area contributed by atoms with Crippen LogP contribution in [0, 0.1) is 0 Å². The van der Waals surface area contributed by atoms with E-state index in [0.29, 0.717) is 10.5 Å². The number of para-hydroxylation sites is 2. The maximum Gasteiger partial charge on any atom is 0.204 e. The third-order valence-electron chi connectivity index (χ3n) is 2.07. The monoisotopic (exact) mass is 210 g/mol. The normalized spacial score (nSPS) is 10.1. The van der Waals surface area contributed by atoms with Crippen LogP contribution < -0.4 is 9.16 Å². The van der Waals surface area contributed by atoms with Crippen LogP contribution in [0.4, 0.5) is 0 Å². The van der Waals surface area contributed by atoms with Crippen molar-refractivity contribution in [2.45, 2.75) is 26.2 Å². The van der Waals surface area contributed by atoms with E-state index < -0.39 is 0 Å². The second kappa shape index (κ2) is 6.48. The Morgan fingerprint density at radius 2 is 1.86 bits per heavy atom. The molecule has 0 saturated carbocycles. The van der Waals surface area contributed by atoms with Gasteiger partial charge in [0.15, 0.2) is 5.75 Å². The molecule has 0 heterocycles. The molecule has 0 radical (unpaired) electrons. The SMILES string of the molecule is CCCCCOc1ccccc1O[SiH3]. The summed E-state index contributed by atoms with van der Waals surface area (Å²) in [5, 5.41) is 0. The summed E-state index contributed by atoms with van der Waals surface area (Å²) >= 11 is 0. The summed E-state index contributed by atoms with van der Waals surface area (Å²) in [5.41, 5.74) is 0. The molecular weight excluding hydrogens is 192 g/mol. The average Bonchev–Trinajstić information content (AvgIpc) is 2.25. The number of unbranched alkanes of at least 4 members (excludes halogenated alkanes) is 2. The summed E-state index contributed by atoms with van der Waals surface area (Å²) < 4.78 is 10.9. The van der Waals surface area contributed by atoms with Crippen molar-refractivity contribution in [2.24, 2.45) is 0 Å². The Bertz CT molecular complexity index is 263. The minimum atomic E-state index is 0.705. The molecular formula is C11H18O2Si. The molecule has 0 bridgehead atoms. The average molecular weight is 210 g/mol. The highest BCUT2D eigenvalue weighted by molar-refractivity contribution is 6.00. The summed E-state index contributed by atoms with van der Waals surface area (Å²) in [4.78, 5) is 0. The molecule has 78 valence electrons. The molecule has 0 spiro atoms.